The van der Waals surface area contributed by atoms with Crippen LogP contribution in [0.3, 0.4) is 0 Å². The van der Waals surface area contributed by atoms with Gasteiger partial charge in [0, 0.05) is 13.1 Å². The number of halogens is 2. The summed E-state index contributed by atoms with van der Waals surface area (Å²) >= 11 is 0. The van der Waals surface area contributed by atoms with Crippen molar-refractivity contribution in [3.05, 3.63) is 41.5 Å². The van der Waals surface area contributed by atoms with Gasteiger partial charge in [-0.1, -0.05) is 6.07 Å². The van der Waals surface area contributed by atoms with E-state index < -0.39 is 17.7 Å². The van der Waals surface area contributed by atoms with Crippen molar-refractivity contribution < 1.29 is 13.9 Å². The van der Waals surface area contributed by atoms with Crippen molar-refractivity contribution in [2.75, 3.05) is 13.1 Å². The quantitative estimate of drug-likeness (QED) is 0.734. The van der Waals surface area contributed by atoms with Crippen molar-refractivity contribution in [1.29, 1.82) is 0 Å². The first-order valence-corrected chi connectivity index (χ1v) is 4.72. The minimum Gasteiger partial charge on any atom is -0.388 e. The lowest BCUT2D eigenvalue weighted by Crippen LogP contribution is -2.32. The Morgan fingerprint density at radius 1 is 1.27 bits per heavy atom. The van der Waals surface area contributed by atoms with Gasteiger partial charge in [0.05, 0.1) is 11.7 Å². The fourth-order valence-electron chi connectivity index (χ4n) is 1.68. The van der Waals surface area contributed by atoms with Gasteiger partial charge >= 0.3 is 0 Å². The van der Waals surface area contributed by atoms with Crippen LogP contribution < -0.4 is 5.32 Å². The van der Waals surface area contributed by atoms with Crippen LogP contribution in [0.2, 0.25) is 0 Å². The molecular formula is C11H11F2NO. The first-order valence-electron chi connectivity index (χ1n) is 4.72. The van der Waals surface area contributed by atoms with Crippen LogP contribution >= 0.6 is 0 Å². The van der Waals surface area contributed by atoms with Gasteiger partial charge in [-0.2, -0.15) is 0 Å². The van der Waals surface area contributed by atoms with Gasteiger partial charge in [0.2, 0.25) is 0 Å². The molecule has 1 unspecified atom stereocenters. The smallest absolute Gasteiger partial charge is 0.133 e. The zero-order valence-corrected chi connectivity index (χ0v) is 8.00. The van der Waals surface area contributed by atoms with Crippen molar-refractivity contribution in [2.24, 2.45) is 0 Å². The van der Waals surface area contributed by atoms with E-state index in [2.05, 4.69) is 5.32 Å². The monoisotopic (exact) mass is 211 g/mol. The highest BCUT2D eigenvalue weighted by molar-refractivity contribution is 5.69. The molecule has 15 heavy (non-hydrogen) atoms. The Morgan fingerprint density at radius 2 is 1.93 bits per heavy atom. The average Bonchev–Trinajstić information content (AvgIpc) is 2.17. The van der Waals surface area contributed by atoms with E-state index in [1.165, 1.54) is 24.3 Å². The van der Waals surface area contributed by atoms with Gasteiger partial charge in [-0.25, -0.2) is 8.78 Å². The van der Waals surface area contributed by atoms with Crippen molar-refractivity contribution in [3.63, 3.8) is 0 Å². The van der Waals surface area contributed by atoms with Crippen LogP contribution in [0.15, 0.2) is 24.3 Å². The third-order valence-electron chi connectivity index (χ3n) is 2.35. The van der Waals surface area contributed by atoms with E-state index in [4.69, 9.17) is 0 Å². The van der Waals surface area contributed by atoms with Crippen molar-refractivity contribution in [1.82, 2.24) is 5.32 Å². The predicted octanol–water partition coefficient (Wildman–Crippen LogP) is 1.31. The molecule has 1 aromatic rings. The summed E-state index contributed by atoms with van der Waals surface area (Å²) in [6.45, 7) is 0.786. The molecule has 0 spiro atoms. The highest BCUT2D eigenvalue weighted by Crippen LogP contribution is 2.23. The molecule has 0 amide bonds. The Kier molecular flexibility index (Phi) is 2.79. The van der Waals surface area contributed by atoms with Crippen LogP contribution in [0.1, 0.15) is 5.56 Å². The Bertz CT molecular complexity index is 383. The third kappa shape index (κ3) is 2.06. The van der Waals surface area contributed by atoms with Gasteiger partial charge in [-0.3, -0.25) is 0 Å². The minimum atomic E-state index is -0.687. The molecule has 1 aliphatic rings. The van der Waals surface area contributed by atoms with Crippen LogP contribution in [0.25, 0.3) is 5.57 Å². The molecule has 0 radical (unpaired) electrons. The molecule has 0 saturated carbocycles. The number of benzene rings is 1. The SMILES string of the molecule is OC1C=C(c2c(F)cccc2F)CNC1. The topological polar surface area (TPSA) is 32.3 Å². The zero-order chi connectivity index (χ0) is 10.8. The van der Waals surface area contributed by atoms with Crippen LogP contribution in [0.5, 0.6) is 0 Å². The number of hydrogen-bond donors (Lipinski definition) is 2. The molecule has 2 N–H and O–H groups in total. The number of aliphatic hydroxyl groups is 1. The molecule has 0 aliphatic carbocycles. The van der Waals surface area contributed by atoms with Crippen molar-refractivity contribution in [3.8, 4) is 0 Å². The van der Waals surface area contributed by atoms with E-state index in [0.717, 1.165) is 0 Å². The maximum atomic E-state index is 13.4. The summed E-state index contributed by atoms with van der Waals surface area (Å²) in [7, 11) is 0. The lowest BCUT2D eigenvalue weighted by molar-refractivity contribution is 0.217. The lowest BCUT2D eigenvalue weighted by atomic mass is 10.0. The van der Waals surface area contributed by atoms with Gasteiger partial charge in [0.1, 0.15) is 11.6 Å². The van der Waals surface area contributed by atoms with E-state index in [1.807, 2.05) is 0 Å². The van der Waals surface area contributed by atoms with Crippen molar-refractivity contribution >= 4 is 5.57 Å². The zero-order valence-electron chi connectivity index (χ0n) is 8.00. The number of β-amino-alcohol motifs (C(OH)–C–C–N with tert-alkyl or cyclic N) is 1. The van der Waals surface area contributed by atoms with Gasteiger partial charge in [-0.15, -0.1) is 0 Å². The Hall–Kier alpha value is -1.26. The van der Waals surface area contributed by atoms with Crippen LogP contribution in [-0.4, -0.2) is 24.3 Å². The van der Waals surface area contributed by atoms with Crippen LogP contribution in [0.4, 0.5) is 8.78 Å². The Balaban J connectivity index is 2.45. The van der Waals surface area contributed by atoms with Crippen molar-refractivity contribution in [2.45, 2.75) is 6.10 Å². The van der Waals surface area contributed by atoms with Gasteiger partial charge in [0.15, 0.2) is 0 Å². The molecule has 0 saturated heterocycles. The largest absolute Gasteiger partial charge is 0.388 e. The number of nitrogens with one attached hydrogen (secondary N) is 1. The summed E-state index contributed by atoms with van der Waals surface area (Å²) in [5.74, 6) is -1.20. The van der Waals surface area contributed by atoms with E-state index in [9.17, 15) is 13.9 Å². The van der Waals surface area contributed by atoms with E-state index in [1.54, 1.807) is 0 Å². The second-order valence-corrected chi connectivity index (χ2v) is 3.49. The first-order chi connectivity index (χ1) is 7.18. The lowest BCUT2D eigenvalue weighted by Gasteiger charge is -2.19. The van der Waals surface area contributed by atoms with Crippen LogP contribution in [-0.2, 0) is 0 Å². The molecule has 0 fully saturated rings. The summed E-state index contributed by atoms with van der Waals surface area (Å²) in [6.07, 6.45) is 0.797. The van der Waals surface area contributed by atoms with E-state index >= 15 is 0 Å². The Labute approximate surface area is 86.2 Å². The molecule has 2 nitrogen and oxygen atoms in total. The summed E-state index contributed by atoms with van der Waals surface area (Å²) < 4.78 is 26.7. The second-order valence-electron chi connectivity index (χ2n) is 3.49. The third-order valence-corrected chi connectivity index (χ3v) is 2.35. The molecule has 1 atom stereocenters. The number of hydrogen-bond acceptors (Lipinski definition) is 2. The summed E-state index contributed by atoms with van der Waals surface area (Å²) in [5.41, 5.74) is 0.410. The van der Waals surface area contributed by atoms with E-state index in [0.29, 0.717) is 18.7 Å². The molecule has 4 heteroatoms. The number of aliphatic hydroxyl groups excluding tert-OH is 1. The standard InChI is InChI=1S/C11H11F2NO/c12-9-2-1-3-10(13)11(9)7-4-8(15)6-14-5-7/h1-4,8,14-15H,5-6H2. The van der Waals surface area contributed by atoms with Gasteiger partial charge < -0.3 is 10.4 Å². The number of rotatable bonds is 1. The summed E-state index contributed by atoms with van der Waals surface area (Å²) in [6, 6.07) is 3.74. The Morgan fingerprint density at radius 3 is 2.53 bits per heavy atom. The average molecular weight is 211 g/mol. The molecule has 80 valence electrons. The molecule has 1 heterocycles. The normalized spacial score (nSPS) is 21.3. The highest BCUT2D eigenvalue weighted by atomic mass is 19.1. The molecule has 1 aliphatic heterocycles. The minimum absolute atomic E-state index is 0.0521. The van der Waals surface area contributed by atoms with Crippen LogP contribution in [0, 0.1) is 11.6 Å². The van der Waals surface area contributed by atoms with Gasteiger partial charge in [-0.05, 0) is 23.8 Å². The molecular weight excluding hydrogens is 200 g/mol. The molecule has 0 aromatic heterocycles. The maximum absolute atomic E-state index is 13.4. The van der Waals surface area contributed by atoms with E-state index in [-0.39, 0.29) is 5.56 Å². The molecule has 2 rings (SSSR count). The maximum Gasteiger partial charge on any atom is 0.133 e. The highest BCUT2D eigenvalue weighted by Gasteiger charge is 2.17. The fraction of sp³-hybridized carbons (Fsp3) is 0.273. The molecule has 0 bridgehead atoms. The van der Waals surface area contributed by atoms with Gasteiger partial charge in [0.25, 0.3) is 0 Å². The summed E-state index contributed by atoms with van der Waals surface area (Å²) in [5, 5.41) is 12.2. The fourth-order valence-corrected chi connectivity index (χ4v) is 1.68. The summed E-state index contributed by atoms with van der Waals surface area (Å²) in [4.78, 5) is 0. The predicted molar refractivity (Wildman–Crippen MR) is 53.2 cm³/mol. The first kappa shape index (κ1) is 10.3. The molecule has 1 aromatic carbocycles. The second kappa shape index (κ2) is 4.08.